The van der Waals surface area contributed by atoms with Gasteiger partial charge in [-0.2, -0.15) is 4.39 Å². The van der Waals surface area contributed by atoms with Crippen molar-refractivity contribution in [3.63, 3.8) is 0 Å². The van der Waals surface area contributed by atoms with E-state index in [-0.39, 0.29) is 12.4 Å². The molecule has 63 valence electrons. The smallest absolute Gasteiger partial charge is 0.200 e. The molecule has 0 heterocycles. The van der Waals surface area contributed by atoms with Crippen molar-refractivity contribution in [3.8, 4) is 5.75 Å². The minimum Gasteiger partial charge on any atom is -0.486 e. The van der Waals surface area contributed by atoms with E-state index in [0.29, 0.717) is 0 Å². The Kier molecular flexibility index (Phi) is 2.80. The minimum absolute atomic E-state index is 0.144. The fourth-order valence-electron chi connectivity index (χ4n) is 0.689. The lowest BCUT2D eigenvalue weighted by molar-refractivity contribution is 0.332. The Morgan fingerprint density at radius 2 is 2.25 bits per heavy atom. The van der Waals surface area contributed by atoms with Gasteiger partial charge in [-0.3, -0.25) is 0 Å². The first kappa shape index (κ1) is 8.71. The third-order valence-electron chi connectivity index (χ3n) is 1.21. The van der Waals surface area contributed by atoms with Crippen LogP contribution in [0, 0.1) is 17.7 Å². The van der Waals surface area contributed by atoms with Crippen LogP contribution >= 0.6 is 0 Å². The van der Waals surface area contributed by atoms with Crippen LogP contribution in [-0.2, 0) is 0 Å². The lowest BCUT2D eigenvalue weighted by Crippen LogP contribution is -1.97. The summed E-state index contributed by atoms with van der Waals surface area (Å²) in [6.07, 6.45) is 1.45. The second-order valence-electron chi connectivity index (χ2n) is 2.08. The van der Waals surface area contributed by atoms with Crippen molar-refractivity contribution in [3.05, 3.63) is 42.5 Å². The van der Waals surface area contributed by atoms with E-state index in [1.807, 2.05) is 0 Å². The molecule has 1 nitrogen and oxygen atoms in total. The van der Waals surface area contributed by atoms with Gasteiger partial charge in [0.1, 0.15) is 6.61 Å². The minimum atomic E-state index is -0.990. The first-order valence-electron chi connectivity index (χ1n) is 3.34. The van der Waals surface area contributed by atoms with E-state index >= 15 is 0 Å². The molecule has 0 aliphatic carbocycles. The van der Waals surface area contributed by atoms with E-state index in [0.717, 1.165) is 6.07 Å². The number of hydrogen-bond donors (Lipinski definition) is 0. The van der Waals surface area contributed by atoms with Crippen LogP contribution < -0.4 is 4.74 Å². The Bertz CT molecular complexity index is 284. The van der Waals surface area contributed by atoms with Gasteiger partial charge in [0.2, 0.25) is 5.82 Å². The highest BCUT2D eigenvalue weighted by Crippen LogP contribution is 2.18. The third-order valence-corrected chi connectivity index (χ3v) is 1.21. The highest BCUT2D eigenvalue weighted by molar-refractivity contribution is 5.24. The molecular formula is C9H7F2O. The predicted molar refractivity (Wildman–Crippen MR) is 40.9 cm³/mol. The highest BCUT2D eigenvalue weighted by atomic mass is 19.2. The summed E-state index contributed by atoms with van der Waals surface area (Å²) in [6, 6.07) is 4.56. The topological polar surface area (TPSA) is 9.23 Å². The first-order chi connectivity index (χ1) is 5.75. The second kappa shape index (κ2) is 3.85. The van der Waals surface area contributed by atoms with Crippen molar-refractivity contribution in [2.75, 3.05) is 6.61 Å². The summed E-state index contributed by atoms with van der Waals surface area (Å²) in [6.45, 7) is 3.52. The summed E-state index contributed by atoms with van der Waals surface area (Å²) < 4.78 is 30.1. The molecule has 1 aromatic carbocycles. The van der Waals surface area contributed by atoms with Crippen molar-refractivity contribution >= 4 is 0 Å². The van der Waals surface area contributed by atoms with Crippen molar-refractivity contribution in [2.45, 2.75) is 0 Å². The zero-order chi connectivity index (χ0) is 8.97. The largest absolute Gasteiger partial charge is 0.486 e. The van der Waals surface area contributed by atoms with Gasteiger partial charge in [-0.15, -0.1) is 0 Å². The zero-order valence-corrected chi connectivity index (χ0v) is 6.31. The molecule has 0 spiro atoms. The number of rotatable bonds is 3. The lowest BCUT2D eigenvalue weighted by Gasteiger charge is -2.03. The molecule has 3 heteroatoms. The molecule has 0 unspecified atom stereocenters. The molecule has 1 radical (unpaired) electrons. The fourth-order valence-corrected chi connectivity index (χ4v) is 0.689. The Balaban J connectivity index is 2.84. The van der Waals surface area contributed by atoms with E-state index in [4.69, 9.17) is 4.74 Å². The normalized spacial score (nSPS) is 9.50. The molecule has 0 saturated carbocycles. The quantitative estimate of drug-likeness (QED) is 0.631. The molecule has 0 amide bonds. The monoisotopic (exact) mass is 169 g/mol. The molecule has 1 rings (SSSR count). The van der Waals surface area contributed by atoms with Crippen LogP contribution in [0.5, 0.6) is 5.75 Å². The maximum absolute atomic E-state index is 12.8. The summed E-state index contributed by atoms with van der Waals surface area (Å²) in [5, 5.41) is 0. The summed E-state index contributed by atoms with van der Waals surface area (Å²) in [5.41, 5.74) is 0. The number of hydrogen-bond acceptors (Lipinski definition) is 1. The zero-order valence-electron chi connectivity index (χ0n) is 6.31. The molecule has 0 aliphatic rings. The van der Waals surface area contributed by atoms with Crippen LogP contribution in [0.25, 0.3) is 0 Å². The second-order valence-corrected chi connectivity index (χ2v) is 2.08. The number of ether oxygens (including phenoxy) is 1. The maximum atomic E-state index is 12.8. The molecule has 0 bridgehead atoms. The Morgan fingerprint density at radius 1 is 1.50 bits per heavy atom. The molecule has 0 aliphatic heterocycles. The standard InChI is InChI=1S/C9H7F2O/c1-2-6-12-8-5-3-4-7(10)9(8)11/h2,4-5H,1,6H2. The van der Waals surface area contributed by atoms with E-state index in [9.17, 15) is 8.78 Å². The maximum Gasteiger partial charge on any atom is 0.200 e. The Hall–Kier alpha value is -1.38. The van der Waals surface area contributed by atoms with E-state index in [2.05, 4.69) is 12.6 Å². The van der Waals surface area contributed by atoms with E-state index in [1.165, 1.54) is 12.1 Å². The molecular weight excluding hydrogens is 162 g/mol. The summed E-state index contributed by atoms with van der Waals surface area (Å²) >= 11 is 0. The van der Waals surface area contributed by atoms with Crippen LogP contribution in [0.4, 0.5) is 8.78 Å². The number of halogens is 2. The van der Waals surface area contributed by atoms with Gasteiger partial charge in [0, 0.05) is 0 Å². The molecule has 0 saturated heterocycles. The van der Waals surface area contributed by atoms with Gasteiger partial charge < -0.3 is 4.74 Å². The van der Waals surface area contributed by atoms with Crippen LogP contribution in [0.3, 0.4) is 0 Å². The fraction of sp³-hybridized carbons (Fsp3) is 0.111. The van der Waals surface area contributed by atoms with Gasteiger partial charge in [0.15, 0.2) is 11.6 Å². The summed E-state index contributed by atoms with van der Waals surface area (Å²) in [7, 11) is 0. The van der Waals surface area contributed by atoms with Gasteiger partial charge in [0.25, 0.3) is 0 Å². The third kappa shape index (κ3) is 1.81. The summed E-state index contributed by atoms with van der Waals surface area (Å²) in [4.78, 5) is 0. The predicted octanol–water partition coefficient (Wildman–Crippen LogP) is 2.33. The average molecular weight is 169 g/mol. The Morgan fingerprint density at radius 3 is 2.92 bits per heavy atom. The van der Waals surface area contributed by atoms with Gasteiger partial charge in [0.05, 0.1) is 0 Å². The van der Waals surface area contributed by atoms with Crippen molar-refractivity contribution in [2.24, 2.45) is 0 Å². The van der Waals surface area contributed by atoms with Gasteiger partial charge in [-0.25, -0.2) is 4.39 Å². The molecule has 0 atom stereocenters. The molecule has 12 heavy (non-hydrogen) atoms. The van der Waals surface area contributed by atoms with Crippen LogP contribution in [-0.4, -0.2) is 6.61 Å². The Labute approximate surface area is 69.3 Å². The van der Waals surface area contributed by atoms with Gasteiger partial charge in [-0.05, 0) is 18.2 Å². The SMILES string of the molecule is C=CCOc1c[c]cc(F)c1F. The molecule has 0 N–H and O–H groups in total. The molecule has 1 aromatic rings. The molecule has 0 aromatic heterocycles. The first-order valence-corrected chi connectivity index (χ1v) is 3.34. The van der Waals surface area contributed by atoms with E-state index < -0.39 is 11.6 Å². The number of benzene rings is 1. The van der Waals surface area contributed by atoms with Crippen LogP contribution in [0.1, 0.15) is 0 Å². The lowest BCUT2D eigenvalue weighted by atomic mass is 10.3. The summed E-state index contributed by atoms with van der Waals surface area (Å²) in [5.74, 6) is -2.10. The van der Waals surface area contributed by atoms with Crippen molar-refractivity contribution in [1.29, 1.82) is 0 Å². The van der Waals surface area contributed by atoms with Crippen LogP contribution in [0.2, 0.25) is 0 Å². The molecule has 0 fully saturated rings. The highest BCUT2D eigenvalue weighted by Gasteiger charge is 2.07. The average Bonchev–Trinajstić information content (AvgIpc) is 2.08. The van der Waals surface area contributed by atoms with Gasteiger partial charge in [-0.1, -0.05) is 12.7 Å². The van der Waals surface area contributed by atoms with Crippen LogP contribution in [0.15, 0.2) is 24.8 Å². The van der Waals surface area contributed by atoms with Crippen molar-refractivity contribution < 1.29 is 13.5 Å². The van der Waals surface area contributed by atoms with Crippen molar-refractivity contribution in [1.82, 2.24) is 0 Å². The van der Waals surface area contributed by atoms with E-state index in [1.54, 1.807) is 0 Å². The van der Waals surface area contributed by atoms with Gasteiger partial charge >= 0.3 is 0 Å².